The lowest BCUT2D eigenvalue weighted by atomic mass is 9.82. The smallest absolute Gasteiger partial charge is 0.164 e. The summed E-state index contributed by atoms with van der Waals surface area (Å²) in [6.45, 7) is 6.80. The van der Waals surface area contributed by atoms with Crippen molar-refractivity contribution in [3.8, 4) is 68.1 Å². The van der Waals surface area contributed by atoms with E-state index in [1.54, 1.807) is 0 Å². The van der Waals surface area contributed by atoms with Gasteiger partial charge in [-0.2, -0.15) is 0 Å². The molecule has 0 amide bonds. The van der Waals surface area contributed by atoms with E-state index in [1.807, 2.05) is 84.9 Å². The summed E-state index contributed by atoms with van der Waals surface area (Å²) in [5, 5.41) is 1.83. The van der Waals surface area contributed by atoms with E-state index < -0.39 is 0 Å². The van der Waals surface area contributed by atoms with E-state index in [4.69, 9.17) is 34.3 Å². The van der Waals surface area contributed by atoms with Crippen molar-refractivity contribution in [2.75, 3.05) is 0 Å². The highest BCUT2D eigenvalue weighted by Gasteiger charge is 2.37. The third-order valence-corrected chi connectivity index (χ3v) is 11.7. The maximum Gasteiger partial charge on any atom is 0.164 e. The van der Waals surface area contributed by atoms with Crippen molar-refractivity contribution in [2.24, 2.45) is 5.92 Å². The van der Waals surface area contributed by atoms with Crippen LogP contribution in [0.5, 0.6) is 0 Å². The molecule has 1 unspecified atom stereocenters. The molecule has 2 aliphatic rings. The first-order valence-corrected chi connectivity index (χ1v) is 20.1. The van der Waals surface area contributed by atoms with Gasteiger partial charge in [0.1, 0.15) is 11.2 Å². The Morgan fingerprint density at radius 3 is 1.81 bits per heavy atom. The molecule has 0 bridgehead atoms. The molecule has 1 atom stereocenters. The molecule has 0 saturated heterocycles. The van der Waals surface area contributed by atoms with Gasteiger partial charge in [0.25, 0.3) is 0 Å². The number of hydrogen-bond acceptors (Lipinski definition) is 7. The van der Waals surface area contributed by atoms with Crippen molar-refractivity contribution in [1.29, 1.82) is 0 Å². The highest BCUT2D eigenvalue weighted by molar-refractivity contribution is 6.12. The van der Waals surface area contributed by atoms with Gasteiger partial charge < -0.3 is 4.42 Å². The largest absolute Gasteiger partial charge is 0.456 e. The predicted molar refractivity (Wildman–Crippen MR) is 236 cm³/mol. The van der Waals surface area contributed by atoms with E-state index in [2.05, 4.69) is 93.6 Å². The number of fused-ring (bicyclic) bond motifs is 6. The fourth-order valence-corrected chi connectivity index (χ4v) is 8.67. The minimum atomic E-state index is -0.158. The van der Waals surface area contributed by atoms with E-state index in [0.717, 1.165) is 61.7 Å². The molecule has 0 radical (unpaired) electrons. The van der Waals surface area contributed by atoms with Crippen LogP contribution in [0.25, 0.3) is 95.6 Å². The van der Waals surface area contributed by atoms with Gasteiger partial charge in [0, 0.05) is 49.6 Å². The molecule has 7 nitrogen and oxygen atoms in total. The highest BCUT2D eigenvalue weighted by atomic mass is 16.3. The monoisotopic (exact) mass is 762 g/mol. The Hall–Kier alpha value is -7.38. The summed E-state index contributed by atoms with van der Waals surface area (Å²) in [5.41, 5.74) is 11.8. The zero-order chi connectivity index (χ0) is 39.7. The fourth-order valence-electron chi connectivity index (χ4n) is 8.67. The van der Waals surface area contributed by atoms with Gasteiger partial charge in [-0.05, 0) is 58.9 Å². The van der Waals surface area contributed by atoms with Crippen molar-refractivity contribution in [3.63, 3.8) is 0 Å². The fraction of sp³-hybridized carbons (Fsp3) is 0.115. The van der Waals surface area contributed by atoms with Gasteiger partial charge in [-0.15, -0.1) is 0 Å². The number of aromatic nitrogens is 6. The maximum atomic E-state index is 6.52. The van der Waals surface area contributed by atoms with Crippen LogP contribution in [-0.4, -0.2) is 29.9 Å². The summed E-state index contributed by atoms with van der Waals surface area (Å²) >= 11 is 0. The molecule has 6 aromatic carbocycles. The molecule has 11 rings (SSSR count). The van der Waals surface area contributed by atoms with Crippen LogP contribution in [0.2, 0.25) is 0 Å². The minimum absolute atomic E-state index is 0.158. The van der Waals surface area contributed by atoms with E-state index in [1.165, 1.54) is 22.3 Å². The third kappa shape index (κ3) is 5.88. The molecular formula is C52H38N6O. The van der Waals surface area contributed by atoms with Crippen LogP contribution in [0.1, 0.15) is 44.1 Å². The average Bonchev–Trinajstić information content (AvgIpc) is 3.78. The molecule has 7 heteroatoms. The van der Waals surface area contributed by atoms with E-state index in [-0.39, 0.29) is 5.41 Å². The molecule has 2 aliphatic carbocycles. The summed E-state index contributed by atoms with van der Waals surface area (Å²) in [6, 6.07) is 47.6. The van der Waals surface area contributed by atoms with Crippen LogP contribution < -0.4 is 0 Å². The van der Waals surface area contributed by atoms with Crippen molar-refractivity contribution in [1.82, 2.24) is 29.9 Å². The number of rotatable bonds is 6. The maximum absolute atomic E-state index is 6.52. The molecular weight excluding hydrogens is 725 g/mol. The van der Waals surface area contributed by atoms with Crippen molar-refractivity contribution >= 4 is 27.5 Å². The molecule has 3 heterocycles. The van der Waals surface area contributed by atoms with Crippen molar-refractivity contribution in [3.05, 3.63) is 175 Å². The van der Waals surface area contributed by atoms with Crippen LogP contribution in [0.15, 0.2) is 162 Å². The number of allylic oxidation sites excluding steroid dienone is 4. The molecule has 282 valence electrons. The lowest BCUT2D eigenvalue weighted by Crippen LogP contribution is -2.14. The molecule has 0 aliphatic heterocycles. The second kappa shape index (κ2) is 13.6. The zero-order valence-electron chi connectivity index (χ0n) is 32.9. The Morgan fingerprint density at radius 1 is 0.508 bits per heavy atom. The quantitative estimate of drug-likeness (QED) is 0.167. The number of hydrogen-bond donors (Lipinski definition) is 0. The molecule has 0 N–H and O–H groups in total. The number of furan rings is 1. The second-order valence-corrected chi connectivity index (χ2v) is 16.0. The number of benzene rings is 6. The Bertz CT molecular complexity index is 3180. The normalized spacial score (nSPS) is 15.3. The van der Waals surface area contributed by atoms with Crippen molar-refractivity contribution < 1.29 is 4.42 Å². The topological polar surface area (TPSA) is 90.5 Å². The van der Waals surface area contributed by atoms with Gasteiger partial charge in [-0.25, -0.2) is 29.9 Å². The first-order chi connectivity index (χ1) is 28.9. The van der Waals surface area contributed by atoms with Crippen LogP contribution in [-0.2, 0) is 5.41 Å². The van der Waals surface area contributed by atoms with E-state index in [0.29, 0.717) is 40.9 Å². The molecule has 9 aromatic rings. The SMILES string of the molecule is CC1C=CC(c2nc(-c3ccccc3)nc(-c3cccc4oc5ccc(-c6nc(-c7ccccc7)nc(-c7cccc8c7-c7ccccc7C8(C)C)n6)cc5c34)n2)=CC1. The highest BCUT2D eigenvalue weighted by Crippen LogP contribution is 2.51. The van der Waals surface area contributed by atoms with Gasteiger partial charge in [-0.3, -0.25) is 0 Å². The standard InChI is InChI=1S/C52H38N6O/c1-31-24-26-34(27-25-31)48-53-46(32-14-6-4-7-15-32)56-51(57-48)38-20-13-23-43-45(38)39-30-35(28-29-42(39)59-43)49-54-47(33-16-8-5-9-17-33)55-50(58-49)37-19-12-22-41-44(37)36-18-10-11-21-40(36)52(41,2)3/h4-24,26-31H,25H2,1-3H3. The van der Waals surface area contributed by atoms with Crippen LogP contribution in [0.4, 0.5) is 0 Å². The molecule has 3 aromatic heterocycles. The second-order valence-electron chi connectivity index (χ2n) is 16.0. The summed E-state index contributed by atoms with van der Waals surface area (Å²) in [6.07, 6.45) is 7.49. The van der Waals surface area contributed by atoms with Gasteiger partial charge in [0.05, 0.1) is 0 Å². The molecule has 0 spiro atoms. The van der Waals surface area contributed by atoms with Crippen LogP contribution >= 0.6 is 0 Å². The van der Waals surface area contributed by atoms with Gasteiger partial charge in [0.15, 0.2) is 34.9 Å². The van der Waals surface area contributed by atoms with Gasteiger partial charge in [0.2, 0.25) is 0 Å². The van der Waals surface area contributed by atoms with E-state index in [9.17, 15) is 0 Å². The summed E-state index contributed by atoms with van der Waals surface area (Å²) in [7, 11) is 0. The Balaban J connectivity index is 1.11. The van der Waals surface area contributed by atoms with Crippen molar-refractivity contribution in [2.45, 2.75) is 32.6 Å². The lowest BCUT2D eigenvalue weighted by Gasteiger charge is -2.21. The van der Waals surface area contributed by atoms with E-state index >= 15 is 0 Å². The Morgan fingerprint density at radius 2 is 1.08 bits per heavy atom. The van der Waals surface area contributed by atoms with Crippen LogP contribution in [0, 0.1) is 5.92 Å². The lowest BCUT2D eigenvalue weighted by molar-refractivity contribution is 0.660. The average molecular weight is 763 g/mol. The summed E-state index contributed by atoms with van der Waals surface area (Å²) in [4.78, 5) is 30.8. The summed E-state index contributed by atoms with van der Waals surface area (Å²) < 4.78 is 6.52. The van der Waals surface area contributed by atoms with Gasteiger partial charge >= 0.3 is 0 Å². The Kier molecular flexibility index (Phi) is 8.05. The minimum Gasteiger partial charge on any atom is -0.456 e. The zero-order valence-corrected chi connectivity index (χ0v) is 32.9. The first kappa shape index (κ1) is 34.8. The Labute approximate surface area is 342 Å². The first-order valence-electron chi connectivity index (χ1n) is 20.1. The summed E-state index contributed by atoms with van der Waals surface area (Å²) in [5.74, 6) is 4.12. The predicted octanol–water partition coefficient (Wildman–Crippen LogP) is 12.6. The molecule has 59 heavy (non-hydrogen) atoms. The molecule has 0 saturated carbocycles. The molecule has 0 fully saturated rings. The van der Waals surface area contributed by atoms with Crippen LogP contribution in [0.3, 0.4) is 0 Å². The third-order valence-electron chi connectivity index (χ3n) is 11.7. The van der Waals surface area contributed by atoms with Gasteiger partial charge in [-0.1, -0.05) is 154 Å². The number of nitrogens with zero attached hydrogens (tertiary/aromatic N) is 6.